The number of rotatable bonds is 3. The third kappa shape index (κ3) is 2.16. The van der Waals surface area contributed by atoms with Crippen LogP contribution in [0.25, 0.3) is 0 Å². The molecule has 0 atom stereocenters. The zero-order valence-electron chi connectivity index (χ0n) is 9.66. The van der Waals surface area contributed by atoms with E-state index >= 15 is 0 Å². The summed E-state index contributed by atoms with van der Waals surface area (Å²) in [5.41, 5.74) is 1.79. The van der Waals surface area contributed by atoms with Gasteiger partial charge in [-0.15, -0.1) is 0 Å². The van der Waals surface area contributed by atoms with Crippen LogP contribution in [0.5, 0.6) is 0 Å². The molecule has 1 saturated carbocycles. The first-order chi connectivity index (χ1) is 7.85. The van der Waals surface area contributed by atoms with Gasteiger partial charge in [-0.2, -0.15) is 5.26 Å². The molecule has 1 fully saturated rings. The Balaban J connectivity index is 2.27. The summed E-state index contributed by atoms with van der Waals surface area (Å²) in [5.74, 6) is 1.35. The molecule has 3 nitrogen and oxygen atoms in total. The summed E-state index contributed by atoms with van der Waals surface area (Å²) >= 11 is 0. The van der Waals surface area contributed by atoms with Gasteiger partial charge in [-0.05, 0) is 31.9 Å². The van der Waals surface area contributed by atoms with Gasteiger partial charge in [-0.25, -0.2) is 4.98 Å². The summed E-state index contributed by atoms with van der Waals surface area (Å²) < 4.78 is 0. The minimum Gasteiger partial charge on any atom is -0.369 e. The van der Waals surface area contributed by atoms with E-state index in [-0.39, 0.29) is 0 Å². The van der Waals surface area contributed by atoms with Gasteiger partial charge in [0.2, 0.25) is 0 Å². The van der Waals surface area contributed by atoms with Gasteiger partial charge in [0.25, 0.3) is 0 Å². The molecule has 2 rings (SSSR count). The van der Waals surface area contributed by atoms with Crippen LogP contribution < -0.4 is 5.32 Å². The maximum Gasteiger partial charge on any atom is 0.144 e. The summed E-state index contributed by atoms with van der Waals surface area (Å²) in [4.78, 5) is 4.58. The number of pyridine rings is 1. The Hall–Kier alpha value is -1.56. The van der Waals surface area contributed by atoms with Crippen molar-refractivity contribution in [1.82, 2.24) is 4.98 Å². The van der Waals surface area contributed by atoms with Gasteiger partial charge in [0.15, 0.2) is 0 Å². The van der Waals surface area contributed by atoms with Gasteiger partial charge in [0, 0.05) is 18.2 Å². The topological polar surface area (TPSA) is 48.7 Å². The number of anilines is 1. The fraction of sp³-hybridized carbons (Fsp3) is 0.538. The van der Waals surface area contributed by atoms with E-state index in [1.807, 2.05) is 19.1 Å². The molecule has 0 amide bonds. The Morgan fingerprint density at radius 2 is 2.19 bits per heavy atom. The Labute approximate surface area is 96.5 Å². The normalized spacial score (nSPS) is 16.0. The first-order valence-electron chi connectivity index (χ1n) is 6.00. The Bertz CT molecular complexity index is 400. The lowest BCUT2D eigenvalue weighted by Gasteiger charge is -2.11. The fourth-order valence-electron chi connectivity index (χ4n) is 2.32. The molecule has 0 spiro atoms. The molecule has 0 bridgehead atoms. The second-order valence-corrected chi connectivity index (χ2v) is 4.26. The van der Waals surface area contributed by atoms with E-state index in [1.165, 1.54) is 25.7 Å². The number of nitriles is 1. The zero-order chi connectivity index (χ0) is 11.4. The lowest BCUT2D eigenvalue weighted by Crippen LogP contribution is -2.05. The van der Waals surface area contributed by atoms with E-state index in [4.69, 9.17) is 5.26 Å². The van der Waals surface area contributed by atoms with E-state index in [9.17, 15) is 0 Å². The van der Waals surface area contributed by atoms with E-state index in [2.05, 4.69) is 16.4 Å². The van der Waals surface area contributed by atoms with Crippen LogP contribution in [0.1, 0.15) is 49.8 Å². The van der Waals surface area contributed by atoms with Crippen molar-refractivity contribution in [2.24, 2.45) is 0 Å². The van der Waals surface area contributed by atoms with Crippen LogP contribution in [0.2, 0.25) is 0 Å². The van der Waals surface area contributed by atoms with Crippen molar-refractivity contribution in [2.75, 3.05) is 11.9 Å². The molecular formula is C13H17N3. The largest absolute Gasteiger partial charge is 0.369 e. The van der Waals surface area contributed by atoms with E-state index in [1.54, 1.807) is 0 Å². The maximum absolute atomic E-state index is 8.97. The highest BCUT2D eigenvalue weighted by Crippen LogP contribution is 2.33. The second kappa shape index (κ2) is 4.98. The number of nitrogens with one attached hydrogen (secondary N) is 1. The Morgan fingerprint density at radius 3 is 2.81 bits per heavy atom. The van der Waals surface area contributed by atoms with E-state index in [0.717, 1.165) is 18.1 Å². The molecule has 0 aliphatic heterocycles. The van der Waals surface area contributed by atoms with Crippen LogP contribution in [0.3, 0.4) is 0 Å². The molecule has 1 aliphatic carbocycles. The molecule has 1 aliphatic rings. The van der Waals surface area contributed by atoms with Crippen LogP contribution in [-0.2, 0) is 0 Å². The average molecular weight is 215 g/mol. The van der Waals surface area contributed by atoms with Crippen molar-refractivity contribution in [3.8, 4) is 6.07 Å². The number of hydrogen-bond acceptors (Lipinski definition) is 3. The molecule has 0 radical (unpaired) electrons. The molecule has 1 aromatic heterocycles. The summed E-state index contributed by atoms with van der Waals surface area (Å²) in [6.07, 6.45) is 5.10. The summed E-state index contributed by atoms with van der Waals surface area (Å²) in [6, 6.07) is 6.07. The number of nitrogens with zero attached hydrogens (tertiary/aromatic N) is 2. The van der Waals surface area contributed by atoms with Crippen LogP contribution >= 0.6 is 0 Å². The molecule has 3 heteroatoms. The standard InChI is InChI=1S/C13H17N3/c1-2-15-13-11(9-14)7-8-12(16-13)10-5-3-4-6-10/h7-8,10H,2-6H2,1H3,(H,15,16). The molecule has 1 aromatic rings. The minimum absolute atomic E-state index is 0.602. The highest BCUT2D eigenvalue weighted by Gasteiger charge is 2.19. The zero-order valence-corrected chi connectivity index (χ0v) is 9.66. The highest BCUT2D eigenvalue weighted by molar-refractivity contribution is 5.52. The first kappa shape index (κ1) is 10.9. The smallest absolute Gasteiger partial charge is 0.144 e. The Kier molecular flexibility index (Phi) is 3.40. The highest BCUT2D eigenvalue weighted by atomic mass is 15.0. The van der Waals surface area contributed by atoms with Crippen LogP contribution in [-0.4, -0.2) is 11.5 Å². The third-order valence-electron chi connectivity index (χ3n) is 3.15. The van der Waals surface area contributed by atoms with Crippen molar-refractivity contribution in [3.63, 3.8) is 0 Å². The quantitative estimate of drug-likeness (QED) is 0.843. The van der Waals surface area contributed by atoms with Crippen molar-refractivity contribution >= 4 is 5.82 Å². The lowest BCUT2D eigenvalue weighted by molar-refractivity contribution is 0.698. The Morgan fingerprint density at radius 1 is 1.44 bits per heavy atom. The van der Waals surface area contributed by atoms with Crippen LogP contribution in [0.15, 0.2) is 12.1 Å². The predicted octanol–water partition coefficient (Wildman–Crippen LogP) is 3.04. The summed E-state index contributed by atoms with van der Waals surface area (Å²) in [5, 5.41) is 12.1. The molecule has 0 unspecified atom stereocenters. The van der Waals surface area contributed by atoms with Crippen molar-refractivity contribution in [3.05, 3.63) is 23.4 Å². The lowest BCUT2D eigenvalue weighted by atomic mass is 10.0. The second-order valence-electron chi connectivity index (χ2n) is 4.26. The van der Waals surface area contributed by atoms with Gasteiger partial charge in [0.1, 0.15) is 11.9 Å². The van der Waals surface area contributed by atoms with Crippen LogP contribution in [0, 0.1) is 11.3 Å². The fourth-order valence-corrected chi connectivity index (χ4v) is 2.32. The molecule has 84 valence electrons. The molecule has 0 saturated heterocycles. The van der Waals surface area contributed by atoms with Gasteiger partial charge < -0.3 is 5.32 Å². The van der Waals surface area contributed by atoms with Gasteiger partial charge in [0.05, 0.1) is 5.56 Å². The average Bonchev–Trinajstić information content (AvgIpc) is 2.83. The number of aromatic nitrogens is 1. The molecular weight excluding hydrogens is 198 g/mol. The first-order valence-corrected chi connectivity index (χ1v) is 6.00. The van der Waals surface area contributed by atoms with Gasteiger partial charge in [-0.1, -0.05) is 12.8 Å². The molecule has 1 N–H and O–H groups in total. The van der Waals surface area contributed by atoms with Gasteiger partial charge in [-0.3, -0.25) is 0 Å². The summed E-state index contributed by atoms with van der Waals surface area (Å²) in [7, 11) is 0. The van der Waals surface area contributed by atoms with Gasteiger partial charge >= 0.3 is 0 Å². The SMILES string of the molecule is CCNc1nc(C2CCCC2)ccc1C#N. The van der Waals surface area contributed by atoms with Crippen molar-refractivity contribution in [1.29, 1.82) is 5.26 Å². The monoisotopic (exact) mass is 215 g/mol. The number of hydrogen-bond donors (Lipinski definition) is 1. The summed E-state index contributed by atoms with van der Waals surface area (Å²) in [6.45, 7) is 2.82. The molecule has 1 heterocycles. The van der Waals surface area contributed by atoms with Crippen molar-refractivity contribution in [2.45, 2.75) is 38.5 Å². The third-order valence-corrected chi connectivity index (χ3v) is 3.15. The van der Waals surface area contributed by atoms with Crippen molar-refractivity contribution < 1.29 is 0 Å². The maximum atomic E-state index is 8.97. The molecule has 0 aromatic carbocycles. The minimum atomic E-state index is 0.602. The van der Waals surface area contributed by atoms with E-state index < -0.39 is 0 Å². The van der Waals surface area contributed by atoms with E-state index in [0.29, 0.717) is 11.5 Å². The molecule has 16 heavy (non-hydrogen) atoms. The van der Waals surface area contributed by atoms with Crippen LogP contribution in [0.4, 0.5) is 5.82 Å². The predicted molar refractivity (Wildman–Crippen MR) is 64.3 cm³/mol.